The Morgan fingerprint density at radius 1 is 1.60 bits per heavy atom. The number of fused-ring (bicyclic) bond motifs is 1. The van der Waals surface area contributed by atoms with E-state index < -0.39 is 5.97 Å². The zero-order valence-corrected chi connectivity index (χ0v) is 7.60. The van der Waals surface area contributed by atoms with E-state index >= 15 is 0 Å². The monoisotopic (exact) mass is 202 g/mol. The Labute approximate surface area is 84.6 Å². The van der Waals surface area contributed by atoms with Crippen LogP contribution < -0.4 is 0 Å². The van der Waals surface area contributed by atoms with Crippen molar-refractivity contribution in [3.05, 3.63) is 29.7 Å². The summed E-state index contributed by atoms with van der Waals surface area (Å²) >= 11 is 0. The van der Waals surface area contributed by atoms with Crippen LogP contribution in [0.5, 0.6) is 0 Å². The number of hydrogen-bond donors (Lipinski definition) is 1. The fourth-order valence-corrected chi connectivity index (χ4v) is 1.31. The minimum absolute atomic E-state index is 0.0355. The number of oxazole rings is 1. The maximum absolute atomic E-state index is 10.8. The van der Waals surface area contributed by atoms with E-state index in [0.717, 1.165) is 0 Å². The summed E-state index contributed by atoms with van der Waals surface area (Å²) in [6, 6.07) is 6.56. The van der Waals surface area contributed by atoms with Gasteiger partial charge in [-0.25, -0.2) is 9.78 Å². The first kappa shape index (κ1) is 9.21. The van der Waals surface area contributed by atoms with E-state index in [-0.39, 0.29) is 23.5 Å². The maximum atomic E-state index is 10.8. The first-order valence-corrected chi connectivity index (χ1v) is 4.21. The average molecular weight is 202 g/mol. The van der Waals surface area contributed by atoms with E-state index in [4.69, 9.17) is 14.8 Å². The van der Waals surface area contributed by atoms with Crippen LogP contribution in [0.15, 0.2) is 22.6 Å². The minimum Gasteiger partial charge on any atom is -0.478 e. The Kier molecular flexibility index (Phi) is 2.10. The van der Waals surface area contributed by atoms with Gasteiger partial charge < -0.3 is 9.52 Å². The lowest BCUT2D eigenvalue weighted by molar-refractivity contribution is 0.0698. The molecule has 1 aromatic heterocycles. The average Bonchev–Trinajstić information content (AvgIpc) is 2.59. The Bertz CT molecular complexity index is 566. The fraction of sp³-hybridized carbons (Fsp3) is 0.100. The second kappa shape index (κ2) is 3.42. The van der Waals surface area contributed by atoms with Gasteiger partial charge in [0.25, 0.3) is 0 Å². The summed E-state index contributed by atoms with van der Waals surface area (Å²) in [4.78, 5) is 14.8. The lowest BCUT2D eigenvalue weighted by Gasteiger charge is -1.92. The molecule has 0 bridgehead atoms. The number of carbonyl (C=O) groups is 1. The van der Waals surface area contributed by atoms with Crippen molar-refractivity contribution >= 4 is 17.1 Å². The zero-order chi connectivity index (χ0) is 10.8. The Morgan fingerprint density at radius 2 is 2.40 bits per heavy atom. The molecule has 0 fully saturated rings. The van der Waals surface area contributed by atoms with Crippen LogP contribution in [0.1, 0.15) is 16.2 Å². The number of para-hydroxylation sites is 1. The molecule has 15 heavy (non-hydrogen) atoms. The number of carboxylic acid groups (broad SMARTS) is 1. The number of aromatic carboxylic acids is 1. The molecular formula is C10H6N2O3. The summed E-state index contributed by atoms with van der Waals surface area (Å²) in [5.74, 6) is -0.832. The van der Waals surface area contributed by atoms with Crippen molar-refractivity contribution in [3.63, 3.8) is 0 Å². The predicted octanol–water partition coefficient (Wildman–Crippen LogP) is 1.59. The molecule has 0 radical (unpaired) electrons. The smallest absolute Gasteiger partial charge is 0.339 e. The van der Waals surface area contributed by atoms with Crippen molar-refractivity contribution < 1.29 is 14.3 Å². The molecule has 1 heterocycles. The molecule has 0 saturated heterocycles. The lowest BCUT2D eigenvalue weighted by Crippen LogP contribution is -1.95. The van der Waals surface area contributed by atoms with Crippen molar-refractivity contribution in [1.29, 1.82) is 5.26 Å². The van der Waals surface area contributed by atoms with Crippen molar-refractivity contribution in [2.24, 2.45) is 0 Å². The summed E-state index contributed by atoms with van der Waals surface area (Å²) in [7, 11) is 0. The summed E-state index contributed by atoms with van der Waals surface area (Å²) in [5, 5.41) is 17.3. The molecule has 0 spiro atoms. The quantitative estimate of drug-likeness (QED) is 0.798. The molecule has 5 heteroatoms. The number of hydrogen-bond acceptors (Lipinski definition) is 4. The molecule has 0 saturated carbocycles. The molecule has 0 aliphatic heterocycles. The third kappa shape index (κ3) is 1.53. The first-order chi connectivity index (χ1) is 7.22. The van der Waals surface area contributed by atoms with Crippen molar-refractivity contribution in [2.45, 2.75) is 6.42 Å². The third-order valence-corrected chi connectivity index (χ3v) is 1.92. The molecule has 0 aliphatic carbocycles. The van der Waals surface area contributed by atoms with Crippen molar-refractivity contribution in [3.8, 4) is 6.07 Å². The SMILES string of the molecule is N#CCc1nc2cccc(C(=O)O)c2o1. The van der Waals surface area contributed by atoms with E-state index in [9.17, 15) is 4.79 Å². The number of carboxylic acids is 1. The molecule has 0 unspecified atom stereocenters. The summed E-state index contributed by atoms with van der Waals surface area (Å²) in [5.41, 5.74) is 0.736. The molecule has 2 rings (SSSR count). The highest BCUT2D eigenvalue weighted by Crippen LogP contribution is 2.20. The topological polar surface area (TPSA) is 87.1 Å². The molecule has 0 amide bonds. The standard InChI is InChI=1S/C10H6N2O3/c11-5-4-8-12-7-3-1-2-6(10(13)14)9(7)15-8/h1-3H,4H2,(H,13,14). The first-order valence-electron chi connectivity index (χ1n) is 4.21. The number of nitriles is 1. The van der Waals surface area contributed by atoms with E-state index in [0.29, 0.717) is 5.52 Å². The Hall–Kier alpha value is -2.35. The zero-order valence-electron chi connectivity index (χ0n) is 7.60. The van der Waals surface area contributed by atoms with Crippen LogP contribution in [-0.4, -0.2) is 16.1 Å². The number of benzene rings is 1. The van der Waals surface area contributed by atoms with Gasteiger partial charge in [0, 0.05) is 0 Å². The molecule has 1 aromatic carbocycles. The Morgan fingerprint density at radius 3 is 3.07 bits per heavy atom. The summed E-state index contributed by atoms with van der Waals surface area (Å²) in [6.45, 7) is 0. The van der Waals surface area contributed by atoms with Gasteiger partial charge in [0.05, 0.1) is 6.07 Å². The number of rotatable bonds is 2. The van der Waals surface area contributed by atoms with Gasteiger partial charge in [0.2, 0.25) is 5.89 Å². The van der Waals surface area contributed by atoms with Gasteiger partial charge in [0.1, 0.15) is 17.5 Å². The van der Waals surface area contributed by atoms with Gasteiger partial charge >= 0.3 is 5.97 Å². The van der Waals surface area contributed by atoms with Crippen molar-refractivity contribution in [2.75, 3.05) is 0 Å². The number of nitrogens with zero attached hydrogens (tertiary/aromatic N) is 2. The highest BCUT2D eigenvalue weighted by molar-refractivity contribution is 5.99. The normalized spacial score (nSPS) is 10.1. The molecule has 5 nitrogen and oxygen atoms in total. The van der Waals surface area contributed by atoms with Crippen LogP contribution in [0.2, 0.25) is 0 Å². The molecule has 2 aromatic rings. The van der Waals surface area contributed by atoms with Crippen LogP contribution in [0.3, 0.4) is 0 Å². The summed E-state index contributed by atoms with van der Waals surface area (Å²) < 4.78 is 5.19. The lowest BCUT2D eigenvalue weighted by atomic mass is 10.2. The van der Waals surface area contributed by atoms with E-state index in [1.807, 2.05) is 6.07 Å². The van der Waals surface area contributed by atoms with Crippen LogP contribution in [0.25, 0.3) is 11.1 Å². The summed E-state index contributed by atoms with van der Waals surface area (Å²) in [6.07, 6.45) is 0.0355. The van der Waals surface area contributed by atoms with E-state index in [2.05, 4.69) is 4.98 Å². The van der Waals surface area contributed by atoms with E-state index in [1.165, 1.54) is 6.07 Å². The Balaban J connectivity index is 2.65. The largest absolute Gasteiger partial charge is 0.478 e. The highest BCUT2D eigenvalue weighted by atomic mass is 16.4. The molecule has 74 valence electrons. The van der Waals surface area contributed by atoms with Crippen LogP contribution >= 0.6 is 0 Å². The minimum atomic E-state index is -1.07. The van der Waals surface area contributed by atoms with Gasteiger partial charge in [-0.2, -0.15) is 5.26 Å². The maximum Gasteiger partial charge on any atom is 0.339 e. The fourth-order valence-electron chi connectivity index (χ4n) is 1.31. The predicted molar refractivity (Wildman–Crippen MR) is 50.3 cm³/mol. The van der Waals surface area contributed by atoms with Gasteiger partial charge in [0.15, 0.2) is 5.58 Å². The third-order valence-electron chi connectivity index (χ3n) is 1.92. The molecule has 0 atom stereocenters. The molecular weight excluding hydrogens is 196 g/mol. The van der Waals surface area contributed by atoms with Crippen LogP contribution in [0, 0.1) is 11.3 Å². The second-order valence-electron chi connectivity index (χ2n) is 2.90. The highest BCUT2D eigenvalue weighted by Gasteiger charge is 2.13. The van der Waals surface area contributed by atoms with Gasteiger partial charge in [-0.15, -0.1) is 0 Å². The van der Waals surface area contributed by atoms with Gasteiger partial charge in [-0.3, -0.25) is 0 Å². The van der Waals surface area contributed by atoms with Crippen LogP contribution in [0.4, 0.5) is 0 Å². The van der Waals surface area contributed by atoms with Crippen LogP contribution in [-0.2, 0) is 6.42 Å². The van der Waals surface area contributed by atoms with E-state index in [1.54, 1.807) is 12.1 Å². The number of aromatic nitrogens is 1. The van der Waals surface area contributed by atoms with Gasteiger partial charge in [-0.05, 0) is 12.1 Å². The van der Waals surface area contributed by atoms with Crippen molar-refractivity contribution in [1.82, 2.24) is 4.98 Å². The second-order valence-corrected chi connectivity index (χ2v) is 2.90. The molecule has 1 N–H and O–H groups in total. The van der Waals surface area contributed by atoms with Gasteiger partial charge in [-0.1, -0.05) is 6.07 Å². The molecule has 0 aliphatic rings.